The molecule has 0 bridgehead atoms. The molecule has 0 spiro atoms. The fourth-order valence-corrected chi connectivity index (χ4v) is 2.65. The van der Waals surface area contributed by atoms with Gasteiger partial charge in [0.1, 0.15) is 0 Å². The van der Waals surface area contributed by atoms with Crippen molar-refractivity contribution in [2.24, 2.45) is 0 Å². The SMILES string of the molecule is CCCCCCCCCCCCCCCCCC(=O)O.[Ca+2].[H-].[H-].[Li+].[OH-]. The minimum atomic E-state index is -0.653. The van der Waals surface area contributed by atoms with E-state index in [1.807, 2.05) is 0 Å². The third-order valence-electron chi connectivity index (χ3n) is 3.99. The van der Waals surface area contributed by atoms with E-state index in [0.29, 0.717) is 6.42 Å². The van der Waals surface area contributed by atoms with E-state index in [0.717, 1.165) is 12.8 Å². The van der Waals surface area contributed by atoms with Gasteiger partial charge in [-0.1, -0.05) is 96.8 Å². The Morgan fingerprint density at radius 2 is 0.957 bits per heavy atom. The number of aliphatic carboxylic acids is 1. The van der Waals surface area contributed by atoms with Crippen molar-refractivity contribution >= 4 is 43.7 Å². The van der Waals surface area contributed by atoms with Gasteiger partial charge < -0.3 is 13.4 Å². The molecule has 132 valence electrons. The van der Waals surface area contributed by atoms with Crippen LogP contribution in [0.3, 0.4) is 0 Å². The molecule has 23 heavy (non-hydrogen) atoms. The van der Waals surface area contributed by atoms with E-state index in [1.54, 1.807) is 0 Å². The van der Waals surface area contributed by atoms with Crippen LogP contribution in [0.25, 0.3) is 0 Å². The van der Waals surface area contributed by atoms with Crippen molar-refractivity contribution in [1.82, 2.24) is 0 Å². The second kappa shape index (κ2) is 28.1. The number of hydrogen-bond acceptors (Lipinski definition) is 2. The smallest absolute Gasteiger partial charge is 1.00 e. The van der Waals surface area contributed by atoms with Gasteiger partial charge in [0.2, 0.25) is 0 Å². The van der Waals surface area contributed by atoms with Crippen LogP contribution in [0.2, 0.25) is 0 Å². The van der Waals surface area contributed by atoms with Crippen LogP contribution < -0.4 is 18.9 Å². The number of carbonyl (C=O) groups is 1. The van der Waals surface area contributed by atoms with Crippen molar-refractivity contribution in [2.75, 3.05) is 0 Å². The van der Waals surface area contributed by atoms with Crippen molar-refractivity contribution in [3.05, 3.63) is 0 Å². The zero-order valence-electron chi connectivity index (χ0n) is 17.8. The molecule has 0 aliphatic heterocycles. The minimum Gasteiger partial charge on any atom is -1.00 e. The third kappa shape index (κ3) is 31.6. The van der Waals surface area contributed by atoms with Gasteiger partial charge in [-0.2, -0.15) is 0 Å². The van der Waals surface area contributed by atoms with Gasteiger partial charge >= 0.3 is 62.6 Å². The van der Waals surface area contributed by atoms with Crippen LogP contribution in [-0.4, -0.2) is 54.3 Å². The summed E-state index contributed by atoms with van der Waals surface area (Å²) in [6.07, 6.45) is 20.2. The second-order valence-corrected chi connectivity index (χ2v) is 6.09. The molecule has 0 aliphatic carbocycles. The average Bonchev–Trinajstić information content (AvgIpc) is 2.43. The average molecular weight is 351 g/mol. The van der Waals surface area contributed by atoms with Crippen molar-refractivity contribution in [2.45, 2.75) is 110 Å². The topological polar surface area (TPSA) is 67.3 Å². The van der Waals surface area contributed by atoms with E-state index in [2.05, 4.69) is 6.92 Å². The molecule has 0 radical (unpaired) electrons. The Kier molecular flexibility index (Phi) is 39.1. The van der Waals surface area contributed by atoms with Gasteiger partial charge in [0, 0.05) is 6.42 Å². The molecule has 0 atom stereocenters. The second-order valence-electron chi connectivity index (χ2n) is 6.09. The summed E-state index contributed by atoms with van der Waals surface area (Å²) in [5, 5.41) is 8.52. The molecule has 0 saturated carbocycles. The molecule has 0 aliphatic rings. The van der Waals surface area contributed by atoms with Crippen LogP contribution in [0.15, 0.2) is 0 Å². The Hall–Kier alpha value is 1.29. The minimum absolute atomic E-state index is 0. The van der Waals surface area contributed by atoms with Crippen LogP contribution in [-0.2, 0) is 4.79 Å². The predicted molar refractivity (Wildman–Crippen MR) is 97.1 cm³/mol. The quantitative estimate of drug-likeness (QED) is 0.344. The number of carboxylic acid groups (broad SMARTS) is 1. The Labute approximate surface area is 189 Å². The normalized spacial score (nSPS) is 9.43. The van der Waals surface area contributed by atoms with E-state index in [9.17, 15) is 4.79 Å². The van der Waals surface area contributed by atoms with Crippen molar-refractivity contribution in [3.8, 4) is 0 Å². The molecule has 0 fully saturated rings. The number of hydrogen-bond donors (Lipinski definition) is 1. The molecule has 0 aromatic rings. The van der Waals surface area contributed by atoms with E-state index < -0.39 is 5.97 Å². The van der Waals surface area contributed by atoms with E-state index in [-0.39, 0.29) is 64.9 Å². The predicted octanol–water partition coefficient (Wildman–Crippen LogP) is 3.00. The molecule has 0 saturated heterocycles. The number of rotatable bonds is 16. The molecule has 0 amide bonds. The molecule has 5 heteroatoms. The third-order valence-corrected chi connectivity index (χ3v) is 3.99. The van der Waals surface area contributed by atoms with Crippen molar-refractivity contribution in [1.29, 1.82) is 0 Å². The molecule has 0 aromatic carbocycles. The molecule has 2 N–H and O–H groups in total. The summed E-state index contributed by atoms with van der Waals surface area (Å²) in [5.74, 6) is -0.653. The summed E-state index contributed by atoms with van der Waals surface area (Å²) >= 11 is 0. The largest absolute Gasteiger partial charge is 2.00 e. The summed E-state index contributed by atoms with van der Waals surface area (Å²) in [7, 11) is 0. The zero-order valence-corrected chi connectivity index (χ0v) is 18.0. The van der Waals surface area contributed by atoms with E-state index in [1.165, 1.54) is 83.5 Å². The maximum absolute atomic E-state index is 10.3. The van der Waals surface area contributed by atoms with Crippen LogP contribution in [0.5, 0.6) is 0 Å². The maximum atomic E-state index is 10.3. The fraction of sp³-hybridized carbons (Fsp3) is 0.944. The van der Waals surface area contributed by atoms with Gasteiger partial charge in [0.15, 0.2) is 0 Å². The first-order valence-electron chi connectivity index (χ1n) is 8.99. The van der Waals surface area contributed by atoms with Gasteiger partial charge in [-0.3, -0.25) is 4.79 Å². The van der Waals surface area contributed by atoms with Crippen molar-refractivity contribution in [3.63, 3.8) is 0 Å². The molecule has 0 rings (SSSR count). The molecule has 0 aromatic heterocycles. The van der Waals surface area contributed by atoms with Gasteiger partial charge in [0.05, 0.1) is 0 Å². The first kappa shape index (κ1) is 32.0. The Balaban J connectivity index is -0.000000180. The summed E-state index contributed by atoms with van der Waals surface area (Å²) in [6.45, 7) is 2.27. The molecular weight excluding hydrogens is 311 g/mol. The fourth-order valence-electron chi connectivity index (χ4n) is 2.65. The summed E-state index contributed by atoms with van der Waals surface area (Å²) in [4.78, 5) is 10.3. The maximum Gasteiger partial charge on any atom is 2.00 e. The molecule has 0 unspecified atom stereocenters. The van der Waals surface area contributed by atoms with E-state index in [4.69, 9.17) is 5.11 Å². The molecule has 3 nitrogen and oxygen atoms in total. The number of carboxylic acids is 1. The summed E-state index contributed by atoms with van der Waals surface area (Å²) < 4.78 is 0. The Bertz CT molecular complexity index is 226. The van der Waals surface area contributed by atoms with Gasteiger partial charge in [-0.05, 0) is 6.42 Å². The summed E-state index contributed by atoms with van der Waals surface area (Å²) in [5.41, 5.74) is 0. The van der Waals surface area contributed by atoms with Crippen molar-refractivity contribution < 1.29 is 37.1 Å². The Morgan fingerprint density at radius 1 is 0.696 bits per heavy atom. The molecular formula is C18H39CaLiO3. The first-order chi connectivity index (χ1) is 9.77. The van der Waals surface area contributed by atoms with Gasteiger partial charge in [0.25, 0.3) is 0 Å². The monoisotopic (exact) mass is 350 g/mol. The van der Waals surface area contributed by atoms with Crippen LogP contribution in [0.4, 0.5) is 0 Å². The van der Waals surface area contributed by atoms with Crippen LogP contribution in [0, 0.1) is 0 Å². The van der Waals surface area contributed by atoms with Gasteiger partial charge in [-0.25, -0.2) is 0 Å². The number of unbranched alkanes of at least 4 members (excludes halogenated alkanes) is 14. The standard InChI is InChI=1S/C18H36O2.Ca.Li.H2O.2H/c1-2-3-4-5-6-7-8-9-10-11-12-13-14-15-16-17-18(19)20;;;;;/h2-17H2,1H3,(H,19,20);;;1H2;;/q;+2;+1;;2*-1/p-1. The zero-order chi connectivity index (χ0) is 14.9. The summed E-state index contributed by atoms with van der Waals surface area (Å²) in [6, 6.07) is 0. The van der Waals surface area contributed by atoms with Crippen LogP contribution in [0.1, 0.15) is 113 Å². The Morgan fingerprint density at radius 3 is 1.22 bits per heavy atom. The van der Waals surface area contributed by atoms with E-state index >= 15 is 0 Å². The molecule has 0 heterocycles. The first-order valence-corrected chi connectivity index (χ1v) is 8.99. The van der Waals surface area contributed by atoms with Crippen LogP contribution >= 0.6 is 0 Å². The van der Waals surface area contributed by atoms with Gasteiger partial charge in [-0.15, -0.1) is 0 Å².